The molecule has 1 aromatic carbocycles. The van der Waals surface area contributed by atoms with Gasteiger partial charge in [0.05, 0.1) is 6.61 Å². The van der Waals surface area contributed by atoms with Gasteiger partial charge in [-0.3, -0.25) is 0 Å². The van der Waals surface area contributed by atoms with Crippen molar-refractivity contribution in [1.82, 2.24) is 5.32 Å². The molecule has 102 valence electrons. The van der Waals surface area contributed by atoms with Crippen LogP contribution in [0.1, 0.15) is 20.3 Å². The third-order valence-corrected chi connectivity index (χ3v) is 3.22. The van der Waals surface area contributed by atoms with Crippen LogP contribution in [0.25, 0.3) is 0 Å². The fourth-order valence-electron chi connectivity index (χ4n) is 1.89. The second kappa shape index (κ2) is 6.71. The highest BCUT2D eigenvalue weighted by Gasteiger charge is 2.22. The lowest BCUT2D eigenvalue weighted by molar-refractivity contribution is 0.169. The summed E-state index contributed by atoms with van der Waals surface area (Å²) >= 11 is 0. The van der Waals surface area contributed by atoms with Crippen molar-refractivity contribution in [3.63, 3.8) is 0 Å². The van der Waals surface area contributed by atoms with E-state index in [0.717, 1.165) is 25.2 Å². The Morgan fingerprint density at radius 1 is 1.33 bits per heavy atom. The van der Waals surface area contributed by atoms with Crippen molar-refractivity contribution in [2.45, 2.75) is 25.8 Å². The number of halogens is 1. The lowest BCUT2D eigenvalue weighted by Crippen LogP contribution is -2.47. The topological polar surface area (TPSA) is 35.5 Å². The van der Waals surface area contributed by atoms with E-state index in [4.69, 9.17) is 0 Å². The molecule has 0 saturated heterocycles. The first-order chi connectivity index (χ1) is 8.50. The smallest absolute Gasteiger partial charge is 0.123 e. The molecule has 0 amide bonds. The van der Waals surface area contributed by atoms with Crippen LogP contribution in [-0.2, 0) is 0 Å². The number of rotatable bonds is 7. The molecule has 0 fully saturated rings. The molecule has 1 aromatic rings. The van der Waals surface area contributed by atoms with E-state index in [0.29, 0.717) is 0 Å². The Labute approximate surface area is 109 Å². The number of likely N-dealkylation sites (N-methyl/N-ethyl adjacent to an activating group) is 1. The second-order valence-corrected chi connectivity index (χ2v) is 4.90. The van der Waals surface area contributed by atoms with Gasteiger partial charge in [-0.05, 0) is 44.2 Å². The highest BCUT2D eigenvalue weighted by molar-refractivity contribution is 5.45. The van der Waals surface area contributed by atoms with Crippen LogP contribution in [0, 0.1) is 5.82 Å². The fraction of sp³-hybridized carbons (Fsp3) is 0.571. The average molecular weight is 254 g/mol. The van der Waals surface area contributed by atoms with Gasteiger partial charge in [-0.1, -0.05) is 6.92 Å². The van der Waals surface area contributed by atoms with Gasteiger partial charge in [-0.2, -0.15) is 0 Å². The number of benzene rings is 1. The fourth-order valence-corrected chi connectivity index (χ4v) is 1.89. The standard InChI is InChI=1S/C14H23FN2O/c1-4-16-14(2,11-18)9-10-17(3)13-7-5-12(15)6-8-13/h5-8,16,18H,4,9-11H2,1-3H3. The van der Waals surface area contributed by atoms with E-state index in [1.165, 1.54) is 12.1 Å². The van der Waals surface area contributed by atoms with Crippen molar-refractivity contribution in [3.8, 4) is 0 Å². The third kappa shape index (κ3) is 4.27. The number of hydrogen-bond donors (Lipinski definition) is 2. The van der Waals surface area contributed by atoms with Crippen molar-refractivity contribution >= 4 is 5.69 Å². The lowest BCUT2D eigenvalue weighted by atomic mass is 9.98. The molecule has 0 aliphatic carbocycles. The zero-order valence-electron chi connectivity index (χ0n) is 11.4. The molecule has 0 aliphatic rings. The zero-order valence-corrected chi connectivity index (χ0v) is 11.4. The van der Waals surface area contributed by atoms with Gasteiger partial charge in [-0.15, -0.1) is 0 Å². The van der Waals surface area contributed by atoms with Crippen molar-refractivity contribution in [2.24, 2.45) is 0 Å². The van der Waals surface area contributed by atoms with Crippen LogP contribution in [-0.4, -0.2) is 37.4 Å². The van der Waals surface area contributed by atoms with Crippen molar-refractivity contribution < 1.29 is 9.50 Å². The summed E-state index contributed by atoms with van der Waals surface area (Å²) in [6.45, 7) is 5.78. The second-order valence-electron chi connectivity index (χ2n) is 4.90. The summed E-state index contributed by atoms with van der Waals surface area (Å²) in [5, 5.41) is 12.7. The van der Waals surface area contributed by atoms with E-state index in [2.05, 4.69) is 10.2 Å². The molecular formula is C14H23FN2O. The van der Waals surface area contributed by atoms with E-state index >= 15 is 0 Å². The maximum absolute atomic E-state index is 12.8. The maximum Gasteiger partial charge on any atom is 0.123 e. The van der Waals surface area contributed by atoms with Gasteiger partial charge in [0.15, 0.2) is 0 Å². The summed E-state index contributed by atoms with van der Waals surface area (Å²) in [4.78, 5) is 2.06. The summed E-state index contributed by atoms with van der Waals surface area (Å²) in [5.41, 5.74) is 0.719. The van der Waals surface area contributed by atoms with Crippen LogP contribution in [0.15, 0.2) is 24.3 Å². The Bertz CT molecular complexity index is 355. The summed E-state index contributed by atoms with van der Waals surface area (Å²) in [6.07, 6.45) is 0.825. The normalized spacial score (nSPS) is 14.3. The van der Waals surface area contributed by atoms with E-state index in [1.54, 1.807) is 12.1 Å². The number of hydrogen-bond acceptors (Lipinski definition) is 3. The van der Waals surface area contributed by atoms with Gasteiger partial charge >= 0.3 is 0 Å². The molecule has 0 aromatic heterocycles. The lowest BCUT2D eigenvalue weighted by Gasteiger charge is -2.31. The van der Waals surface area contributed by atoms with Gasteiger partial charge in [-0.25, -0.2) is 4.39 Å². The van der Waals surface area contributed by atoms with Gasteiger partial charge in [0.2, 0.25) is 0 Å². The first-order valence-corrected chi connectivity index (χ1v) is 6.33. The van der Waals surface area contributed by atoms with Crippen LogP contribution in [0.4, 0.5) is 10.1 Å². The highest BCUT2D eigenvalue weighted by Crippen LogP contribution is 2.16. The van der Waals surface area contributed by atoms with Crippen molar-refractivity contribution in [1.29, 1.82) is 0 Å². The highest BCUT2D eigenvalue weighted by atomic mass is 19.1. The van der Waals surface area contributed by atoms with Gasteiger partial charge in [0, 0.05) is 24.8 Å². The largest absolute Gasteiger partial charge is 0.394 e. The zero-order chi connectivity index (χ0) is 13.6. The molecule has 0 heterocycles. The van der Waals surface area contributed by atoms with E-state index in [1.807, 2.05) is 20.9 Å². The van der Waals surface area contributed by atoms with E-state index in [-0.39, 0.29) is 18.0 Å². The van der Waals surface area contributed by atoms with Crippen LogP contribution in [0.3, 0.4) is 0 Å². The van der Waals surface area contributed by atoms with Gasteiger partial charge < -0.3 is 15.3 Å². The quantitative estimate of drug-likeness (QED) is 0.781. The first kappa shape index (κ1) is 14.9. The number of nitrogens with one attached hydrogen (secondary N) is 1. The van der Waals surface area contributed by atoms with Crippen molar-refractivity contribution in [3.05, 3.63) is 30.1 Å². The van der Waals surface area contributed by atoms with Crippen LogP contribution < -0.4 is 10.2 Å². The number of nitrogens with zero attached hydrogens (tertiary/aromatic N) is 1. The molecule has 4 heteroatoms. The minimum Gasteiger partial charge on any atom is -0.394 e. The Hall–Kier alpha value is -1.13. The molecule has 0 spiro atoms. The van der Waals surface area contributed by atoms with Crippen LogP contribution in [0.5, 0.6) is 0 Å². The molecular weight excluding hydrogens is 231 g/mol. The molecule has 0 bridgehead atoms. The Kier molecular flexibility index (Phi) is 5.56. The van der Waals surface area contributed by atoms with Gasteiger partial charge in [0.1, 0.15) is 5.82 Å². The van der Waals surface area contributed by atoms with Crippen LogP contribution in [0.2, 0.25) is 0 Å². The summed E-state index contributed by atoms with van der Waals surface area (Å²) < 4.78 is 12.8. The third-order valence-electron chi connectivity index (χ3n) is 3.22. The molecule has 1 unspecified atom stereocenters. The minimum atomic E-state index is -0.261. The molecule has 3 nitrogen and oxygen atoms in total. The van der Waals surface area contributed by atoms with Crippen molar-refractivity contribution in [2.75, 3.05) is 31.6 Å². The Morgan fingerprint density at radius 3 is 2.44 bits per heavy atom. The maximum atomic E-state index is 12.8. The first-order valence-electron chi connectivity index (χ1n) is 6.33. The predicted molar refractivity (Wildman–Crippen MR) is 73.5 cm³/mol. The molecule has 0 radical (unpaired) electrons. The van der Waals surface area contributed by atoms with Gasteiger partial charge in [0.25, 0.3) is 0 Å². The SMILES string of the molecule is CCNC(C)(CO)CCN(C)c1ccc(F)cc1. The summed E-state index contributed by atoms with van der Waals surface area (Å²) in [5.74, 6) is -0.222. The summed E-state index contributed by atoms with van der Waals surface area (Å²) in [6, 6.07) is 6.44. The predicted octanol–water partition coefficient (Wildman–Crippen LogP) is 2.01. The molecule has 0 saturated carbocycles. The number of aliphatic hydroxyl groups is 1. The molecule has 0 aliphatic heterocycles. The molecule has 18 heavy (non-hydrogen) atoms. The Morgan fingerprint density at radius 2 is 1.94 bits per heavy atom. The van der Waals surface area contributed by atoms with E-state index < -0.39 is 0 Å². The molecule has 1 atom stereocenters. The molecule has 1 rings (SSSR count). The van der Waals surface area contributed by atoms with Crippen LogP contribution >= 0.6 is 0 Å². The average Bonchev–Trinajstić information content (AvgIpc) is 2.37. The Balaban J connectivity index is 2.54. The summed E-state index contributed by atoms with van der Waals surface area (Å²) in [7, 11) is 1.97. The number of aliphatic hydroxyl groups excluding tert-OH is 1. The molecule has 2 N–H and O–H groups in total. The number of anilines is 1. The van der Waals surface area contributed by atoms with E-state index in [9.17, 15) is 9.50 Å². The minimum absolute atomic E-state index is 0.109. The monoisotopic (exact) mass is 254 g/mol.